The maximum atomic E-state index is 10.8. The van der Waals surface area contributed by atoms with Crippen LogP contribution in [0.2, 0.25) is 4.47 Å². The highest BCUT2D eigenvalue weighted by Gasteiger charge is 2.11. The van der Waals surface area contributed by atoms with E-state index in [4.69, 9.17) is 16.3 Å². The van der Waals surface area contributed by atoms with Crippen molar-refractivity contribution in [2.45, 2.75) is 13.3 Å². The number of thiazole rings is 1. The summed E-state index contributed by atoms with van der Waals surface area (Å²) < 4.78 is 6.77. The summed E-state index contributed by atoms with van der Waals surface area (Å²) in [4.78, 5) is 15.1. The Morgan fingerprint density at radius 1 is 1.50 bits per heavy atom. The van der Waals surface area contributed by atoms with Gasteiger partial charge >= 0.3 is 0 Å². The third kappa shape index (κ3) is 4.85. The SMILES string of the molecule is COc1ccc(CCNC(C)=O)c2sc(Cl)nc12.II. The predicted octanol–water partition coefficient (Wildman–Crippen LogP) is 4.41. The molecule has 4 nitrogen and oxygen atoms in total. The molecule has 0 bridgehead atoms. The molecular formula is C12H13ClI2N2O2S. The maximum absolute atomic E-state index is 10.8. The number of nitrogens with zero attached hydrogens (tertiary/aromatic N) is 1. The smallest absolute Gasteiger partial charge is 0.216 e. The van der Waals surface area contributed by atoms with Crippen LogP contribution < -0.4 is 10.1 Å². The first-order valence-corrected chi connectivity index (χ1v) is 13.1. The van der Waals surface area contributed by atoms with Gasteiger partial charge in [0.2, 0.25) is 5.91 Å². The quantitative estimate of drug-likeness (QED) is 0.587. The van der Waals surface area contributed by atoms with Gasteiger partial charge < -0.3 is 10.1 Å². The Kier molecular flexibility index (Phi) is 8.37. The summed E-state index contributed by atoms with van der Waals surface area (Å²) in [6, 6.07) is 3.86. The van der Waals surface area contributed by atoms with Crippen LogP contribution in [0.15, 0.2) is 12.1 Å². The van der Waals surface area contributed by atoms with Crippen molar-refractivity contribution in [2.24, 2.45) is 0 Å². The van der Waals surface area contributed by atoms with E-state index in [1.807, 2.05) is 12.1 Å². The van der Waals surface area contributed by atoms with Crippen LogP contribution in [-0.2, 0) is 11.2 Å². The first-order valence-electron chi connectivity index (χ1n) is 5.62. The van der Waals surface area contributed by atoms with Crippen LogP contribution in [0.5, 0.6) is 5.75 Å². The van der Waals surface area contributed by atoms with E-state index >= 15 is 0 Å². The summed E-state index contributed by atoms with van der Waals surface area (Å²) >= 11 is 11.6. The molecule has 0 aliphatic heterocycles. The molecule has 1 heterocycles. The minimum Gasteiger partial charge on any atom is -0.494 e. The van der Waals surface area contributed by atoms with Crippen molar-refractivity contribution in [3.05, 3.63) is 22.2 Å². The van der Waals surface area contributed by atoms with Crippen molar-refractivity contribution < 1.29 is 9.53 Å². The number of benzene rings is 1. The van der Waals surface area contributed by atoms with Gasteiger partial charge in [-0.2, -0.15) is 0 Å². The number of rotatable bonds is 4. The van der Waals surface area contributed by atoms with Gasteiger partial charge in [0, 0.05) is 50.7 Å². The summed E-state index contributed by atoms with van der Waals surface area (Å²) in [5.41, 5.74) is 1.90. The van der Waals surface area contributed by atoms with Crippen molar-refractivity contribution >= 4 is 76.3 Å². The zero-order chi connectivity index (χ0) is 15.1. The van der Waals surface area contributed by atoms with Crippen LogP contribution >= 0.6 is 60.2 Å². The van der Waals surface area contributed by atoms with Gasteiger partial charge in [-0.15, -0.1) is 11.3 Å². The zero-order valence-electron chi connectivity index (χ0n) is 10.9. The molecule has 110 valence electrons. The Morgan fingerprint density at radius 3 is 2.80 bits per heavy atom. The molecule has 0 spiro atoms. The molecule has 0 saturated heterocycles. The Balaban J connectivity index is 0.000000956. The fraction of sp³-hybridized carbons (Fsp3) is 0.333. The maximum Gasteiger partial charge on any atom is 0.216 e. The molecule has 1 N–H and O–H groups in total. The lowest BCUT2D eigenvalue weighted by Gasteiger charge is -2.06. The molecule has 0 aliphatic carbocycles. The van der Waals surface area contributed by atoms with Gasteiger partial charge in [0.1, 0.15) is 11.3 Å². The predicted molar refractivity (Wildman–Crippen MR) is 102 cm³/mol. The highest BCUT2D eigenvalue weighted by molar-refractivity contribution is 15.0. The van der Waals surface area contributed by atoms with Crippen LogP contribution in [0.3, 0.4) is 0 Å². The summed E-state index contributed by atoms with van der Waals surface area (Å²) in [6.45, 7) is 2.11. The number of carbonyl (C=O) groups excluding carboxylic acids is 1. The molecular weight excluding hydrogens is 525 g/mol. The molecule has 0 saturated carbocycles. The first kappa shape index (κ1) is 18.2. The number of hydrogen-bond donors (Lipinski definition) is 1. The second kappa shape index (κ2) is 9.21. The number of amides is 1. The number of fused-ring (bicyclic) bond motifs is 1. The molecule has 0 atom stereocenters. The van der Waals surface area contributed by atoms with Crippen LogP contribution in [-0.4, -0.2) is 24.5 Å². The van der Waals surface area contributed by atoms with E-state index in [0.717, 1.165) is 28.0 Å². The van der Waals surface area contributed by atoms with Gasteiger partial charge in [-0.1, -0.05) is 17.7 Å². The van der Waals surface area contributed by atoms with E-state index in [-0.39, 0.29) is 5.91 Å². The molecule has 0 radical (unpaired) electrons. The van der Waals surface area contributed by atoms with E-state index in [1.165, 1.54) is 18.3 Å². The summed E-state index contributed by atoms with van der Waals surface area (Å²) in [6.07, 6.45) is 0.749. The number of aromatic nitrogens is 1. The zero-order valence-corrected chi connectivity index (χ0v) is 16.8. The molecule has 2 aromatic rings. The molecule has 0 unspecified atom stereocenters. The number of nitrogens with one attached hydrogen (secondary N) is 1. The Hall–Kier alpha value is 0.130. The van der Waals surface area contributed by atoms with Gasteiger partial charge in [-0.3, -0.25) is 4.79 Å². The van der Waals surface area contributed by atoms with Gasteiger partial charge in [0.15, 0.2) is 4.47 Å². The molecule has 1 aromatic carbocycles. The molecule has 0 fully saturated rings. The van der Waals surface area contributed by atoms with Crippen LogP contribution in [0.1, 0.15) is 12.5 Å². The largest absolute Gasteiger partial charge is 0.494 e. The van der Waals surface area contributed by atoms with Crippen LogP contribution in [0, 0.1) is 0 Å². The first-order chi connectivity index (χ1) is 9.61. The van der Waals surface area contributed by atoms with E-state index in [9.17, 15) is 4.79 Å². The normalized spacial score (nSPS) is 9.85. The van der Waals surface area contributed by atoms with E-state index in [0.29, 0.717) is 11.0 Å². The molecule has 1 aromatic heterocycles. The number of hydrogen-bond acceptors (Lipinski definition) is 4. The highest BCUT2D eigenvalue weighted by atomic mass is 128. The minimum atomic E-state index is -0.0258. The lowest BCUT2D eigenvalue weighted by atomic mass is 10.1. The summed E-state index contributed by atoms with van der Waals surface area (Å²) in [5.74, 6) is 0.693. The molecule has 0 aliphatic rings. The van der Waals surface area contributed by atoms with E-state index in [2.05, 4.69) is 47.5 Å². The number of carbonyl (C=O) groups is 1. The number of methoxy groups -OCH3 is 1. The molecule has 1 amide bonds. The third-order valence-electron chi connectivity index (χ3n) is 2.55. The number of ether oxygens (including phenoxy) is 1. The second-order valence-electron chi connectivity index (χ2n) is 3.80. The van der Waals surface area contributed by atoms with E-state index < -0.39 is 0 Å². The fourth-order valence-electron chi connectivity index (χ4n) is 1.74. The molecule has 8 heteroatoms. The van der Waals surface area contributed by atoms with Gasteiger partial charge in [0.05, 0.1) is 11.8 Å². The second-order valence-corrected chi connectivity index (χ2v) is 5.39. The Morgan fingerprint density at radius 2 is 2.20 bits per heavy atom. The van der Waals surface area contributed by atoms with Gasteiger partial charge in [-0.25, -0.2) is 4.98 Å². The highest BCUT2D eigenvalue weighted by Crippen LogP contribution is 2.34. The minimum absolute atomic E-state index is 0.0258. The van der Waals surface area contributed by atoms with Crippen molar-refractivity contribution in [1.82, 2.24) is 10.3 Å². The molecule has 20 heavy (non-hydrogen) atoms. The van der Waals surface area contributed by atoms with Gasteiger partial charge in [0.25, 0.3) is 0 Å². The third-order valence-corrected chi connectivity index (χ3v) is 3.79. The monoisotopic (exact) mass is 538 g/mol. The standard InChI is InChI=1S/C12H13ClN2O2S.I2/c1-7(16)14-6-5-8-3-4-9(17-2)10-11(8)18-12(13)15-10;1-2/h3-4H,5-6H2,1-2H3,(H,14,16);. The van der Waals surface area contributed by atoms with Crippen LogP contribution in [0.25, 0.3) is 10.2 Å². The number of halogens is 3. The van der Waals surface area contributed by atoms with Crippen molar-refractivity contribution in [3.63, 3.8) is 0 Å². The van der Waals surface area contributed by atoms with Crippen molar-refractivity contribution in [2.75, 3.05) is 13.7 Å². The van der Waals surface area contributed by atoms with Gasteiger partial charge in [-0.05, 0) is 18.1 Å². The Bertz CT molecular complexity index is 592. The lowest BCUT2D eigenvalue weighted by molar-refractivity contribution is -0.118. The average molecular weight is 539 g/mol. The fourth-order valence-corrected chi connectivity index (χ4v) is 2.91. The lowest BCUT2D eigenvalue weighted by Crippen LogP contribution is -2.22. The summed E-state index contributed by atoms with van der Waals surface area (Å²) in [5, 5.41) is 2.78. The molecule has 2 rings (SSSR count). The average Bonchev–Trinajstić information content (AvgIpc) is 2.82. The van der Waals surface area contributed by atoms with Crippen molar-refractivity contribution in [1.29, 1.82) is 0 Å². The van der Waals surface area contributed by atoms with Crippen LogP contribution in [0.4, 0.5) is 0 Å². The van der Waals surface area contributed by atoms with Crippen molar-refractivity contribution in [3.8, 4) is 5.75 Å². The van der Waals surface area contributed by atoms with E-state index in [1.54, 1.807) is 7.11 Å². The summed E-state index contributed by atoms with van der Waals surface area (Å²) in [7, 11) is 1.61. The Labute approximate surface area is 149 Å². The topological polar surface area (TPSA) is 51.2 Å².